The monoisotopic (exact) mass is 373 g/mol. The molecule has 0 saturated heterocycles. The predicted octanol–water partition coefficient (Wildman–Crippen LogP) is 3.30. The highest BCUT2D eigenvalue weighted by Gasteiger charge is 2.22. The maximum absolute atomic E-state index is 12.1. The van der Waals surface area contributed by atoms with E-state index in [1.807, 2.05) is 6.07 Å². The first kappa shape index (κ1) is 18.9. The van der Waals surface area contributed by atoms with Gasteiger partial charge in [-0.2, -0.15) is 5.26 Å². The Morgan fingerprint density at radius 3 is 2.50 bits per heavy atom. The van der Waals surface area contributed by atoms with Crippen molar-refractivity contribution in [3.05, 3.63) is 68.7 Å². The highest BCUT2D eigenvalue weighted by Crippen LogP contribution is 2.23. The molecular weight excluding hydrogens is 362 g/mol. The molecule has 26 heavy (non-hydrogen) atoms. The Morgan fingerprint density at radius 1 is 1.27 bits per heavy atom. The quantitative estimate of drug-likeness (QED) is 0.487. The molecule has 0 aliphatic rings. The van der Waals surface area contributed by atoms with Crippen molar-refractivity contribution in [2.24, 2.45) is 0 Å². The van der Waals surface area contributed by atoms with E-state index in [0.717, 1.165) is 12.1 Å². The molecule has 0 aliphatic heterocycles. The van der Waals surface area contributed by atoms with Crippen LogP contribution in [-0.4, -0.2) is 22.9 Å². The van der Waals surface area contributed by atoms with Gasteiger partial charge < -0.3 is 10.1 Å². The Labute approximate surface area is 153 Å². The van der Waals surface area contributed by atoms with Crippen LogP contribution in [0, 0.1) is 21.4 Å². The van der Waals surface area contributed by atoms with Crippen molar-refractivity contribution in [1.82, 2.24) is 0 Å². The summed E-state index contributed by atoms with van der Waals surface area (Å²) in [5.41, 5.74) is 0.322. The second-order valence-corrected chi connectivity index (χ2v) is 5.55. The number of nitriles is 1. The zero-order valence-electron chi connectivity index (χ0n) is 13.4. The number of benzene rings is 2. The summed E-state index contributed by atoms with van der Waals surface area (Å²) in [5.74, 6) is -1.56. The normalized spacial score (nSPS) is 11.1. The fourth-order valence-electron chi connectivity index (χ4n) is 1.93. The smallest absolute Gasteiger partial charge is 0.340 e. The molecule has 0 unspecified atom stereocenters. The third-order valence-corrected chi connectivity index (χ3v) is 3.64. The minimum atomic E-state index is -1.17. The molecule has 1 amide bonds. The molecule has 2 aromatic carbocycles. The van der Waals surface area contributed by atoms with Crippen molar-refractivity contribution >= 4 is 34.9 Å². The Morgan fingerprint density at radius 2 is 1.92 bits per heavy atom. The van der Waals surface area contributed by atoms with Crippen molar-refractivity contribution in [2.45, 2.75) is 13.0 Å². The van der Waals surface area contributed by atoms with Gasteiger partial charge in [-0.15, -0.1) is 0 Å². The summed E-state index contributed by atoms with van der Waals surface area (Å²) in [4.78, 5) is 34.4. The van der Waals surface area contributed by atoms with Gasteiger partial charge in [0.25, 0.3) is 11.6 Å². The van der Waals surface area contributed by atoms with Gasteiger partial charge in [0.15, 0.2) is 6.10 Å². The molecular formula is C17H12ClN3O5. The third kappa shape index (κ3) is 4.55. The predicted molar refractivity (Wildman–Crippen MR) is 92.8 cm³/mol. The minimum absolute atomic E-state index is 0.0275. The minimum Gasteiger partial charge on any atom is -0.449 e. The van der Waals surface area contributed by atoms with Crippen LogP contribution in [0.2, 0.25) is 5.02 Å². The fraction of sp³-hybridized carbons (Fsp3) is 0.118. The van der Waals surface area contributed by atoms with E-state index in [0.29, 0.717) is 11.3 Å². The number of nitrogens with one attached hydrogen (secondary N) is 1. The van der Waals surface area contributed by atoms with Crippen LogP contribution in [0.4, 0.5) is 11.4 Å². The lowest BCUT2D eigenvalue weighted by atomic mass is 10.2. The van der Waals surface area contributed by atoms with Gasteiger partial charge in [-0.1, -0.05) is 11.6 Å². The van der Waals surface area contributed by atoms with E-state index < -0.39 is 22.9 Å². The van der Waals surface area contributed by atoms with Gasteiger partial charge in [0.05, 0.1) is 27.1 Å². The maximum atomic E-state index is 12.1. The van der Waals surface area contributed by atoms with Crippen molar-refractivity contribution < 1.29 is 19.2 Å². The zero-order chi connectivity index (χ0) is 19.3. The lowest BCUT2D eigenvalue weighted by Gasteiger charge is -2.14. The number of carbonyl (C=O) groups excluding carboxylic acids is 2. The van der Waals surface area contributed by atoms with E-state index in [4.69, 9.17) is 21.6 Å². The molecule has 132 valence electrons. The van der Waals surface area contributed by atoms with Gasteiger partial charge in [0.2, 0.25) is 0 Å². The van der Waals surface area contributed by atoms with Gasteiger partial charge in [-0.25, -0.2) is 4.79 Å². The largest absolute Gasteiger partial charge is 0.449 e. The summed E-state index contributed by atoms with van der Waals surface area (Å²) in [6, 6.07) is 11.4. The summed E-state index contributed by atoms with van der Waals surface area (Å²) in [7, 11) is 0. The number of nitro benzene ring substituents is 1. The van der Waals surface area contributed by atoms with Gasteiger partial charge in [-0.3, -0.25) is 14.9 Å². The fourth-order valence-corrected chi connectivity index (χ4v) is 2.13. The van der Waals surface area contributed by atoms with Gasteiger partial charge in [0, 0.05) is 17.8 Å². The number of amides is 1. The number of nitrogens with zero attached hydrogens (tertiary/aromatic N) is 2. The van der Waals surface area contributed by atoms with Crippen molar-refractivity contribution in [2.75, 3.05) is 5.32 Å². The summed E-state index contributed by atoms with van der Waals surface area (Å²) in [6.45, 7) is 1.35. The van der Waals surface area contributed by atoms with E-state index in [1.165, 1.54) is 37.3 Å². The standard InChI is InChI=1S/C17H12ClN3O5/c1-10(16(22)20-12-4-2-11(9-19)3-5-12)26-17(23)14-8-13(21(24)25)6-7-15(14)18/h2-8,10H,1H3,(H,20,22)/t10-/m1/s1. The number of carbonyl (C=O) groups is 2. The van der Waals surface area contributed by atoms with E-state index in [1.54, 1.807) is 0 Å². The molecule has 0 fully saturated rings. The highest BCUT2D eigenvalue weighted by atomic mass is 35.5. The SMILES string of the molecule is C[C@@H](OC(=O)c1cc([N+](=O)[O-])ccc1Cl)C(=O)Nc1ccc(C#N)cc1. The van der Waals surface area contributed by atoms with Crippen LogP contribution in [0.3, 0.4) is 0 Å². The molecule has 2 rings (SSSR count). The lowest BCUT2D eigenvalue weighted by molar-refractivity contribution is -0.384. The van der Waals surface area contributed by atoms with Crippen molar-refractivity contribution in [1.29, 1.82) is 5.26 Å². The van der Waals surface area contributed by atoms with Crippen LogP contribution in [0.5, 0.6) is 0 Å². The van der Waals surface area contributed by atoms with Crippen LogP contribution < -0.4 is 5.32 Å². The molecule has 9 heteroatoms. The number of esters is 1. The van der Waals surface area contributed by atoms with Gasteiger partial charge in [0.1, 0.15) is 0 Å². The molecule has 0 radical (unpaired) electrons. The molecule has 1 atom stereocenters. The maximum Gasteiger partial charge on any atom is 0.340 e. The molecule has 2 aromatic rings. The first-order valence-corrected chi connectivity index (χ1v) is 7.65. The second-order valence-electron chi connectivity index (χ2n) is 5.15. The van der Waals surface area contributed by atoms with Gasteiger partial charge in [-0.05, 0) is 37.3 Å². The summed E-state index contributed by atoms with van der Waals surface area (Å²) in [6.07, 6.45) is -1.17. The molecule has 0 heterocycles. The van der Waals surface area contributed by atoms with Crippen LogP contribution in [0.1, 0.15) is 22.8 Å². The van der Waals surface area contributed by atoms with Gasteiger partial charge >= 0.3 is 5.97 Å². The lowest BCUT2D eigenvalue weighted by Crippen LogP contribution is -2.30. The number of hydrogen-bond donors (Lipinski definition) is 1. The Balaban J connectivity index is 2.06. The van der Waals surface area contributed by atoms with Crippen molar-refractivity contribution in [3.8, 4) is 6.07 Å². The summed E-state index contributed by atoms with van der Waals surface area (Å²) < 4.78 is 5.02. The number of halogens is 1. The molecule has 8 nitrogen and oxygen atoms in total. The van der Waals surface area contributed by atoms with E-state index in [2.05, 4.69) is 5.32 Å². The average Bonchev–Trinajstić information content (AvgIpc) is 2.62. The first-order chi connectivity index (χ1) is 12.3. The number of ether oxygens (including phenoxy) is 1. The highest BCUT2D eigenvalue weighted by molar-refractivity contribution is 6.33. The van der Waals surface area contributed by atoms with Crippen LogP contribution >= 0.6 is 11.6 Å². The topological polar surface area (TPSA) is 122 Å². The van der Waals surface area contributed by atoms with E-state index >= 15 is 0 Å². The number of anilines is 1. The molecule has 0 spiro atoms. The van der Waals surface area contributed by atoms with Crippen LogP contribution in [0.25, 0.3) is 0 Å². The molecule has 1 N–H and O–H groups in total. The Hall–Kier alpha value is -3.44. The molecule has 0 saturated carbocycles. The number of rotatable bonds is 5. The van der Waals surface area contributed by atoms with E-state index in [-0.39, 0.29) is 16.3 Å². The Bertz CT molecular complexity index is 906. The second kappa shape index (κ2) is 8.09. The summed E-state index contributed by atoms with van der Waals surface area (Å²) >= 11 is 5.87. The molecule has 0 bridgehead atoms. The zero-order valence-corrected chi connectivity index (χ0v) is 14.2. The van der Waals surface area contributed by atoms with E-state index in [9.17, 15) is 19.7 Å². The number of nitro groups is 1. The van der Waals surface area contributed by atoms with Crippen LogP contribution in [-0.2, 0) is 9.53 Å². The van der Waals surface area contributed by atoms with Crippen molar-refractivity contribution in [3.63, 3.8) is 0 Å². The third-order valence-electron chi connectivity index (χ3n) is 3.32. The average molecular weight is 374 g/mol. The Kier molecular flexibility index (Phi) is 5.88. The molecule has 0 aromatic heterocycles. The number of hydrogen-bond acceptors (Lipinski definition) is 6. The molecule has 0 aliphatic carbocycles. The number of non-ortho nitro benzene ring substituents is 1. The first-order valence-electron chi connectivity index (χ1n) is 7.27. The summed E-state index contributed by atoms with van der Waals surface area (Å²) in [5, 5.41) is 22.0. The van der Waals surface area contributed by atoms with Crippen LogP contribution in [0.15, 0.2) is 42.5 Å².